The van der Waals surface area contributed by atoms with Crippen molar-refractivity contribution in [1.82, 2.24) is 0 Å². The van der Waals surface area contributed by atoms with Crippen LogP contribution in [-0.2, 0) is 23.8 Å². The number of ether oxygens (including phenoxy) is 3. The highest BCUT2D eigenvalue weighted by Gasteiger charge is 2.17. The summed E-state index contributed by atoms with van der Waals surface area (Å²) in [6.45, 7) is 7.65. The van der Waals surface area contributed by atoms with E-state index >= 15 is 0 Å². The minimum Gasteiger partial charge on any atom is -0.462 e. The molecule has 0 bridgehead atoms. The van der Waals surface area contributed by atoms with E-state index in [1.165, 1.54) is 128 Å². The number of carbonyl (C=O) groups excluding carboxylic acids is 2. The summed E-state index contributed by atoms with van der Waals surface area (Å²) in [4.78, 5) is 25.4. The molecule has 0 aromatic rings. The number of unbranched alkanes of at least 4 members (excludes halogenated alkanes) is 25. The molecule has 0 aliphatic rings. The molecule has 5 nitrogen and oxygen atoms in total. The summed E-state index contributed by atoms with van der Waals surface area (Å²) in [6.07, 6.45) is 67.7. The first-order valence-electron chi connectivity index (χ1n) is 26.5. The minimum absolute atomic E-state index is 0.0705. The molecule has 0 spiro atoms. The second-order valence-electron chi connectivity index (χ2n) is 17.4. The third-order valence-corrected chi connectivity index (χ3v) is 11.2. The van der Waals surface area contributed by atoms with Crippen molar-refractivity contribution in [3.05, 3.63) is 72.9 Å². The van der Waals surface area contributed by atoms with E-state index in [9.17, 15) is 9.59 Å². The van der Waals surface area contributed by atoms with E-state index in [0.717, 1.165) is 89.9 Å². The summed E-state index contributed by atoms with van der Waals surface area (Å²) in [6, 6.07) is 0. The highest BCUT2D eigenvalue weighted by atomic mass is 16.6. The zero-order valence-electron chi connectivity index (χ0n) is 41.1. The van der Waals surface area contributed by atoms with Crippen LogP contribution < -0.4 is 0 Å². The van der Waals surface area contributed by atoms with Crippen LogP contribution in [-0.4, -0.2) is 37.9 Å². The Kier molecular flexibility index (Phi) is 50.4. The molecule has 0 amide bonds. The third kappa shape index (κ3) is 50.0. The molecule has 0 aromatic heterocycles. The first kappa shape index (κ1) is 59.3. The van der Waals surface area contributed by atoms with Crippen molar-refractivity contribution in [2.45, 2.75) is 258 Å². The average Bonchev–Trinajstić information content (AvgIpc) is 3.27. The molecule has 1 unspecified atom stereocenters. The van der Waals surface area contributed by atoms with Crippen LogP contribution in [0.3, 0.4) is 0 Å². The summed E-state index contributed by atoms with van der Waals surface area (Å²) >= 11 is 0. The second kappa shape index (κ2) is 52.7. The smallest absolute Gasteiger partial charge is 0.306 e. The maximum Gasteiger partial charge on any atom is 0.306 e. The van der Waals surface area contributed by atoms with Gasteiger partial charge in [-0.1, -0.05) is 209 Å². The van der Waals surface area contributed by atoms with Gasteiger partial charge < -0.3 is 14.2 Å². The van der Waals surface area contributed by atoms with Crippen molar-refractivity contribution in [2.75, 3.05) is 19.8 Å². The molecule has 62 heavy (non-hydrogen) atoms. The van der Waals surface area contributed by atoms with Crippen molar-refractivity contribution < 1.29 is 23.8 Å². The molecule has 0 fully saturated rings. The maximum atomic E-state index is 12.8. The third-order valence-electron chi connectivity index (χ3n) is 11.2. The van der Waals surface area contributed by atoms with Crippen LogP contribution in [0.2, 0.25) is 0 Å². The van der Waals surface area contributed by atoms with Crippen molar-refractivity contribution >= 4 is 11.9 Å². The van der Waals surface area contributed by atoms with Crippen LogP contribution in [0.5, 0.6) is 0 Å². The molecule has 0 aromatic carbocycles. The summed E-state index contributed by atoms with van der Waals surface area (Å²) in [5.74, 6) is -0.424. The summed E-state index contributed by atoms with van der Waals surface area (Å²) < 4.78 is 17.4. The monoisotopic (exact) mass is 865 g/mol. The van der Waals surface area contributed by atoms with E-state index in [-0.39, 0.29) is 25.2 Å². The zero-order chi connectivity index (χ0) is 44.9. The molecule has 0 aliphatic carbocycles. The fourth-order valence-corrected chi connectivity index (χ4v) is 7.24. The lowest BCUT2D eigenvalue weighted by Gasteiger charge is -2.18. The predicted octanol–water partition coefficient (Wildman–Crippen LogP) is 17.9. The van der Waals surface area contributed by atoms with Gasteiger partial charge in [0.2, 0.25) is 0 Å². The highest BCUT2D eigenvalue weighted by Crippen LogP contribution is 2.14. The number of esters is 2. The normalized spacial score (nSPS) is 12.8. The lowest BCUT2D eigenvalue weighted by atomic mass is 10.1. The van der Waals surface area contributed by atoms with E-state index in [4.69, 9.17) is 14.2 Å². The van der Waals surface area contributed by atoms with Crippen molar-refractivity contribution in [2.24, 2.45) is 0 Å². The van der Waals surface area contributed by atoms with E-state index in [1.54, 1.807) is 0 Å². The van der Waals surface area contributed by atoms with Crippen molar-refractivity contribution in [3.63, 3.8) is 0 Å². The van der Waals surface area contributed by atoms with Crippen molar-refractivity contribution in [1.29, 1.82) is 0 Å². The summed E-state index contributed by atoms with van der Waals surface area (Å²) in [5.41, 5.74) is 0. The van der Waals surface area contributed by atoms with Crippen LogP contribution in [0.4, 0.5) is 0 Å². The lowest BCUT2D eigenvalue weighted by Crippen LogP contribution is -2.30. The van der Waals surface area contributed by atoms with E-state index < -0.39 is 6.10 Å². The summed E-state index contributed by atoms with van der Waals surface area (Å²) in [5, 5.41) is 0. The van der Waals surface area contributed by atoms with Gasteiger partial charge in [0.25, 0.3) is 0 Å². The molecule has 0 N–H and O–H groups in total. The van der Waals surface area contributed by atoms with Gasteiger partial charge in [0.1, 0.15) is 6.61 Å². The fourth-order valence-electron chi connectivity index (χ4n) is 7.24. The number of allylic oxidation sites excluding steroid dienone is 12. The SMILES string of the molecule is CC/C=C\C/C=C\C/C=C\C/C=C\CCCCCCCCC(=O)OCC(COCCCCCCCC/C=C\CCCCCCCC)OC(=O)CCCCCCC/C=C\CCCC. The minimum atomic E-state index is -0.551. The molecule has 1 atom stereocenters. The molecule has 358 valence electrons. The molecule has 0 saturated heterocycles. The Morgan fingerprint density at radius 2 is 0.742 bits per heavy atom. The maximum absolute atomic E-state index is 12.8. The Hall–Kier alpha value is -2.66. The largest absolute Gasteiger partial charge is 0.462 e. The van der Waals surface area contributed by atoms with Gasteiger partial charge in [-0.3, -0.25) is 9.59 Å². The Bertz CT molecular complexity index is 1110. The van der Waals surface area contributed by atoms with Gasteiger partial charge in [0.15, 0.2) is 6.10 Å². The van der Waals surface area contributed by atoms with Crippen LogP contribution in [0.15, 0.2) is 72.9 Å². The molecule has 0 radical (unpaired) electrons. The topological polar surface area (TPSA) is 61.8 Å². The van der Waals surface area contributed by atoms with Gasteiger partial charge in [-0.2, -0.15) is 0 Å². The zero-order valence-corrected chi connectivity index (χ0v) is 41.1. The van der Waals surface area contributed by atoms with Gasteiger partial charge in [0, 0.05) is 19.4 Å². The van der Waals surface area contributed by atoms with Gasteiger partial charge in [-0.15, -0.1) is 0 Å². The quantitative estimate of drug-likeness (QED) is 0.0346. The number of hydrogen-bond donors (Lipinski definition) is 0. The Labute approximate surface area is 385 Å². The molecule has 0 saturated carbocycles. The van der Waals surface area contributed by atoms with Gasteiger partial charge in [-0.05, 0) is 103 Å². The van der Waals surface area contributed by atoms with Gasteiger partial charge in [0.05, 0.1) is 6.61 Å². The Morgan fingerprint density at radius 1 is 0.371 bits per heavy atom. The van der Waals surface area contributed by atoms with Crippen LogP contribution >= 0.6 is 0 Å². The van der Waals surface area contributed by atoms with Gasteiger partial charge in [-0.25, -0.2) is 0 Å². The lowest BCUT2D eigenvalue weighted by molar-refractivity contribution is -0.163. The summed E-state index contributed by atoms with van der Waals surface area (Å²) in [7, 11) is 0. The van der Waals surface area contributed by atoms with Gasteiger partial charge >= 0.3 is 11.9 Å². The number of rotatable bonds is 48. The Morgan fingerprint density at radius 3 is 1.23 bits per heavy atom. The fraction of sp³-hybridized carbons (Fsp3) is 0.754. The van der Waals surface area contributed by atoms with E-state index in [0.29, 0.717) is 19.4 Å². The Balaban J connectivity index is 4.26. The molecule has 0 rings (SSSR count). The molecular formula is C57H100O5. The van der Waals surface area contributed by atoms with E-state index in [1.807, 2.05) is 0 Å². The average molecular weight is 865 g/mol. The predicted molar refractivity (Wildman–Crippen MR) is 270 cm³/mol. The molecular weight excluding hydrogens is 765 g/mol. The van der Waals surface area contributed by atoms with Crippen molar-refractivity contribution in [3.8, 4) is 0 Å². The number of carbonyl (C=O) groups is 2. The standard InChI is InChI=1S/C57H100O5/c1-4-7-10-13-16-19-22-24-26-28-29-30-31-33-36-38-41-44-47-50-56(58)61-54-55(62-57(59)51-48-45-42-39-35-21-18-15-12-9-6-3)53-60-52-49-46-43-40-37-34-32-27-25-23-20-17-14-11-8-5-2/h7,10,15-16,18-19,24-27,29-30,55H,4-6,8-9,11-14,17,20-23,28,31-54H2,1-3H3/b10-7-,18-15-,19-16-,26-24-,27-25-,30-29-. The first-order valence-corrected chi connectivity index (χ1v) is 26.5. The number of hydrogen-bond acceptors (Lipinski definition) is 5. The van der Waals surface area contributed by atoms with Crippen LogP contribution in [0.1, 0.15) is 252 Å². The van der Waals surface area contributed by atoms with Crippen LogP contribution in [0.25, 0.3) is 0 Å². The second-order valence-corrected chi connectivity index (χ2v) is 17.4. The molecule has 0 heterocycles. The molecule has 5 heteroatoms. The first-order chi connectivity index (χ1) is 30.6. The molecule has 0 aliphatic heterocycles. The highest BCUT2D eigenvalue weighted by molar-refractivity contribution is 5.70. The van der Waals surface area contributed by atoms with E-state index in [2.05, 4.69) is 93.7 Å². The van der Waals surface area contributed by atoms with Crippen LogP contribution in [0, 0.1) is 0 Å².